The Hall–Kier alpha value is -0.610. The van der Waals surface area contributed by atoms with Crippen LogP contribution in [0.15, 0.2) is 0 Å². The number of hydrogen-bond acceptors (Lipinski definition) is 3. The molecule has 1 saturated heterocycles. The molecule has 15 heavy (non-hydrogen) atoms. The Kier molecular flexibility index (Phi) is 5.05. The second kappa shape index (κ2) is 6.08. The Labute approximate surface area is 91.9 Å². The molecule has 1 aliphatic rings. The van der Waals surface area contributed by atoms with E-state index in [2.05, 4.69) is 4.90 Å². The molecule has 4 heteroatoms. The molecule has 1 aliphatic heterocycles. The molecule has 1 heterocycles. The van der Waals surface area contributed by atoms with Crippen molar-refractivity contribution in [2.75, 3.05) is 32.7 Å². The molecule has 0 bridgehead atoms. The summed E-state index contributed by atoms with van der Waals surface area (Å²) in [7, 11) is 0. The van der Waals surface area contributed by atoms with Crippen molar-refractivity contribution in [3.05, 3.63) is 0 Å². The number of carbonyl (C=O) groups is 1. The van der Waals surface area contributed by atoms with Crippen LogP contribution in [0.4, 0.5) is 0 Å². The molecule has 0 aliphatic carbocycles. The second-order valence-corrected chi connectivity index (χ2v) is 4.20. The minimum Gasteiger partial charge on any atom is -0.393 e. The topological polar surface area (TPSA) is 43.8 Å². The Morgan fingerprint density at radius 3 is 2.73 bits per heavy atom. The molecule has 0 aromatic rings. The van der Waals surface area contributed by atoms with Gasteiger partial charge in [-0.1, -0.05) is 0 Å². The maximum absolute atomic E-state index is 11.6. The van der Waals surface area contributed by atoms with Crippen LogP contribution in [0.25, 0.3) is 0 Å². The summed E-state index contributed by atoms with van der Waals surface area (Å²) in [6, 6.07) is 0. The first-order valence-electron chi connectivity index (χ1n) is 5.81. The normalized spacial score (nSPS) is 21.5. The Balaban J connectivity index is 2.35. The molecule has 0 aromatic heterocycles. The number of likely N-dealkylation sites (N-methyl/N-ethyl adjacent to an activating group) is 1. The molecule has 0 spiro atoms. The van der Waals surface area contributed by atoms with Gasteiger partial charge in [0.05, 0.1) is 6.10 Å². The van der Waals surface area contributed by atoms with Gasteiger partial charge in [0.25, 0.3) is 0 Å². The minimum absolute atomic E-state index is 0.244. The summed E-state index contributed by atoms with van der Waals surface area (Å²) in [5.41, 5.74) is 0. The molecule has 0 saturated carbocycles. The van der Waals surface area contributed by atoms with Crippen LogP contribution in [-0.2, 0) is 4.79 Å². The average molecular weight is 214 g/mol. The van der Waals surface area contributed by atoms with E-state index < -0.39 is 0 Å². The lowest BCUT2D eigenvalue weighted by Crippen LogP contribution is -2.33. The second-order valence-electron chi connectivity index (χ2n) is 4.20. The van der Waals surface area contributed by atoms with Crippen LogP contribution in [-0.4, -0.2) is 59.6 Å². The Bertz CT molecular complexity index is 207. The largest absolute Gasteiger partial charge is 0.393 e. The van der Waals surface area contributed by atoms with E-state index in [0.29, 0.717) is 6.42 Å². The minimum atomic E-state index is -0.244. The van der Waals surface area contributed by atoms with Crippen LogP contribution >= 0.6 is 0 Å². The SMILES string of the molecule is CCN1CCN(CCC(C)O)CCC1=O. The van der Waals surface area contributed by atoms with Gasteiger partial charge >= 0.3 is 0 Å². The predicted molar refractivity (Wildman–Crippen MR) is 59.6 cm³/mol. The summed E-state index contributed by atoms with van der Waals surface area (Å²) in [6.07, 6.45) is 1.17. The van der Waals surface area contributed by atoms with Gasteiger partial charge in [0.2, 0.25) is 5.91 Å². The van der Waals surface area contributed by atoms with Gasteiger partial charge in [-0.15, -0.1) is 0 Å². The van der Waals surface area contributed by atoms with Gasteiger partial charge in [-0.2, -0.15) is 0 Å². The molecule has 0 aromatic carbocycles. The van der Waals surface area contributed by atoms with Gasteiger partial charge in [-0.3, -0.25) is 4.79 Å². The quantitative estimate of drug-likeness (QED) is 0.732. The van der Waals surface area contributed by atoms with Crippen molar-refractivity contribution in [1.82, 2.24) is 9.80 Å². The summed E-state index contributed by atoms with van der Waals surface area (Å²) in [5, 5.41) is 9.20. The summed E-state index contributed by atoms with van der Waals surface area (Å²) in [4.78, 5) is 15.7. The lowest BCUT2D eigenvalue weighted by molar-refractivity contribution is -0.130. The van der Waals surface area contributed by atoms with Crippen molar-refractivity contribution in [3.63, 3.8) is 0 Å². The van der Waals surface area contributed by atoms with E-state index in [-0.39, 0.29) is 12.0 Å². The third-order valence-electron chi connectivity index (χ3n) is 2.93. The van der Waals surface area contributed by atoms with E-state index in [4.69, 9.17) is 0 Å². The number of carbonyl (C=O) groups excluding carboxylic acids is 1. The van der Waals surface area contributed by atoms with E-state index in [1.807, 2.05) is 11.8 Å². The first-order chi connectivity index (χ1) is 7.13. The van der Waals surface area contributed by atoms with Crippen LogP contribution in [0.2, 0.25) is 0 Å². The number of amides is 1. The molecule has 1 unspecified atom stereocenters. The number of nitrogens with zero attached hydrogens (tertiary/aromatic N) is 2. The smallest absolute Gasteiger partial charge is 0.223 e. The molecule has 1 rings (SSSR count). The fourth-order valence-electron chi connectivity index (χ4n) is 1.84. The van der Waals surface area contributed by atoms with Gasteiger partial charge in [-0.05, 0) is 20.3 Å². The highest BCUT2D eigenvalue weighted by atomic mass is 16.3. The van der Waals surface area contributed by atoms with Crippen molar-refractivity contribution >= 4 is 5.91 Å². The van der Waals surface area contributed by atoms with E-state index in [0.717, 1.165) is 39.1 Å². The van der Waals surface area contributed by atoms with Gasteiger partial charge < -0.3 is 14.9 Å². The number of rotatable bonds is 4. The lowest BCUT2D eigenvalue weighted by Gasteiger charge is -2.21. The number of aliphatic hydroxyl groups is 1. The summed E-state index contributed by atoms with van der Waals surface area (Å²) >= 11 is 0. The maximum atomic E-state index is 11.6. The highest BCUT2D eigenvalue weighted by Gasteiger charge is 2.19. The van der Waals surface area contributed by atoms with Crippen molar-refractivity contribution in [3.8, 4) is 0 Å². The van der Waals surface area contributed by atoms with E-state index in [9.17, 15) is 9.90 Å². The van der Waals surface area contributed by atoms with Gasteiger partial charge in [-0.25, -0.2) is 0 Å². The number of aliphatic hydroxyl groups excluding tert-OH is 1. The van der Waals surface area contributed by atoms with Crippen molar-refractivity contribution in [2.45, 2.75) is 32.8 Å². The van der Waals surface area contributed by atoms with Crippen LogP contribution in [0.1, 0.15) is 26.7 Å². The molecular formula is C11H22N2O2. The van der Waals surface area contributed by atoms with Gasteiger partial charge in [0, 0.05) is 39.1 Å². The standard InChI is InChI=1S/C11H22N2O2/c1-3-13-9-8-12(6-4-10(2)14)7-5-11(13)15/h10,14H,3-9H2,1-2H3. The molecule has 1 atom stereocenters. The van der Waals surface area contributed by atoms with Crippen LogP contribution in [0.5, 0.6) is 0 Å². The zero-order valence-electron chi connectivity index (χ0n) is 9.78. The van der Waals surface area contributed by atoms with E-state index >= 15 is 0 Å². The Morgan fingerprint density at radius 2 is 2.13 bits per heavy atom. The fourth-order valence-corrected chi connectivity index (χ4v) is 1.84. The molecular weight excluding hydrogens is 192 g/mol. The van der Waals surface area contributed by atoms with Crippen molar-refractivity contribution in [1.29, 1.82) is 0 Å². The molecule has 1 N–H and O–H groups in total. The summed E-state index contributed by atoms with van der Waals surface area (Å²) < 4.78 is 0. The number of hydrogen-bond donors (Lipinski definition) is 1. The molecule has 88 valence electrons. The van der Waals surface area contributed by atoms with Gasteiger partial charge in [0.15, 0.2) is 0 Å². The maximum Gasteiger partial charge on any atom is 0.223 e. The zero-order valence-corrected chi connectivity index (χ0v) is 9.78. The summed E-state index contributed by atoms with van der Waals surface area (Å²) in [5.74, 6) is 0.261. The highest BCUT2D eigenvalue weighted by molar-refractivity contribution is 5.76. The third-order valence-corrected chi connectivity index (χ3v) is 2.93. The van der Waals surface area contributed by atoms with Gasteiger partial charge in [0.1, 0.15) is 0 Å². The molecule has 1 amide bonds. The third kappa shape index (κ3) is 4.18. The average Bonchev–Trinajstić information content (AvgIpc) is 2.37. The fraction of sp³-hybridized carbons (Fsp3) is 0.909. The van der Waals surface area contributed by atoms with Crippen LogP contribution < -0.4 is 0 Å². The van der Waals surface area contributed by atoms with Crippen LogP contribution in [0, 0.1) is 0 Å². The highest BCUT2D eigenvalue weighted by Crippen LogP contribution is 2.05. The lowest BCUT2D eigenvalue weighted by atomic mass is 10.2. The molecule has 4 nitrogen and oxygen atoms in total. The van der Waals surface area contributed by atoms with E-state index in [1.54, 1.807) is 6.92 Å². The Morgan fingerprint density at radius 1 is 1.40 bits per heavy atom. The molecule has 1 fully saturated rings. The zero-order chi connectivity index (χ0) is 11.3. The first kappa shape index (κ1) is 12.5. The van der Waals surface area contributed by atoms with Crippen LogP contribution in [0.3, 0.4) is 0 Å². The van der Waals surface area contributed by atoms with Crippen molar-refractivity contribution < 1.29 is 9.90 Å². The van der Waals surface area contributed by atoms with Crippen molar-refractivity contribution in [2.24, 2.45) is 0 Å². The molecule has 0 radical (unpaired) electrons. The first-order valence-corrected chi connectivity index (χ1v) is 5.81. The van der Waals surface area contributed by atoms with E-state index in [1.165, 1.54) is 0 Å². The monoisotopic (exact) mass is 214 g/mol. The predicted octanol–water partition coefficient (Wildman–Crippen LogP) is 0.311. The summed E-state index contributed by atoms with van der Waals surface area (Å²) in [6.45, 7) is 8.12.